The third kappa shape index (κ3) is 6.96. The van der Waals surface area contributed by atoms with Crippen LogP contribution in [0.1, 0.15) is 11.1 Å². The predicted octanol–water partition coefficient (Wildman–Crippen LogP) is 0.623. The Balaban J connectivity index is 2.00. The van der Waals surface area contributed by atoms with Gasteiger partial charge in [0.05, 0.1) is 6.61 Å². The number of carbonyl (C=O) groups is 2. The largest absolute Gasteiger partial charge is 0.508 e. The SMILES string of the molecule is N[C@@H](CO)NC(=O)[C@H](Cc1ccc(O)cc1)NC(=O)OCc1ccccc1. The zero-order chi connectivity index (χ0) is 19.6. The molecule has 0 heterocycles. The Hall–Kier alpha value is -3.10. The Morgan fingerprint density at radius 1 is 1.00 bits per heavy atom. The minimum atomic E-state index is -0.963. The van der Waals surface area contributed by atoms with E-state index in [0.717, 1.165) is 5.56 Å². The molecule has 0 radical (unpaired) electrons. The highest BCUT2D eigenvalue weighted by Crippen LogP contribution is 2.12. The van der Waals surface area contributed by atoms with Gasteiger partial charge in [-0.25, -0.2) is 4.79 Å². The van der Waals surface area contributed by atoms with Crippen LogP contribution in [0.15, 0.2) is 54.6 Å². The minimum absolute atomic E-state index is 0.0658. The molecule has 0 saturated heterocycles. The number of alkyl carbamates (subject to hydrolysis) is 1. The van der Waals surface area contributed by atoms with Crippen molar-refractivity contribution < 1.29 is 24.5 Å². The smallest absolute Gasteiger partial charge is 0.408 e. The molecule has 0 aliphatic rings. The van der Waals surface area contributed by atoms with Crippen molar-refractivity contribution in [3.05, 3.63) is 65.7 Å². The van der Waals surface area contributed by atoms with Crippen molar-refractivity contribution in [2.24, 2.45) is 5.73 Å². The summed E-state index contributed by atoms with van der Waals surface area (Å²) < 4.78 is 5.15. The van der Waals surface area contributed by atoms with Crippen LogP contribution >= 0.6 is 0 Å². The maximum Gasteiger partial charge on any atom is 0.408 e. The van der Waals surface area contributed by atoms with Crippen molar-refractivity contribution in [1.29, 1.82) is 0 Å². The molecular formula is C19H23N3O5. The normalized spacial score (nSPS) is 12.7. The van der Waals surface area contributed by atoms with Gasteiger partial charge in [0.25, 0.3) is 0 Å². The van der Waals surface area contributed by atoms with Crippen LogP contribution in [0.4, 0.5) is 4.79 Å². The number of rotatable bonds is 8. The van der Waals surface area contributed by atoms with Crippen LogP contribution in [0, 0.1) is 0 Å². The number of hydrogen-bond acceptors (Lipinski definition) is 6. The lowest BCUT2D eigenvalue weighted by Gasteiger charge is -2.20. The molecule has 8 nitrogen and oxygen atoms in total. The highest BCUT2D eigenvalue weighted by Gasteiger charge is 2.23. The van der Waals surface area contributed by atoms with Gasteiger partial charge in [0.1, 0.15) is 24.6 Å². The van der Waals surface area contributed by atoms with Gasteiger partial charge in [-0.3, -0.25) is 4.79 Å². The summed E-state index contributed by atoms with van der Waals surface area (Å²) in [5.74, 6) is -0.460. The number of hydrogen-bond donors (Lipinski definition) is 5. The van der Waals surface area contributed by atoms with Gasteiger partial charge in [0, 0.05) is 6.42 Å². The number of ether oxygens (including phenoxy) is 1. The Morgan fingerprint density at radius 3 is 2.30 bits per heavy atom. The fourth-order valence-electron chi connectivity index (χ4n) is 2.31. The molecule has 0 fully saturated rings. The number of carbonyl (C=O) groups excluding carboxylic acids is 2. The summed E-state index contributed by atoms with van der Waals surface area (Å²) >= 11 is 0. The average Bonchev–Trinajstić information content (AvgIpc) is 2.68. The summed E-state index contributed by atoms with van der Waals surface area (Å²) in [6.07, 6.45) is -1.54. The topological polar surface area (TPSA) is 134 Å². The van der Waals surface area contributed by atoms with E-state index in [-0.39, 0.29) is 18.8 Å². The molecule has 0 aromatic heterocycles. The number of nitrogens with one attached hydrogen (secondary N) is 2. The van der Waals surface area contributed by atoms with E-state index in [1.165, 1.54) is 12.1 Å². The molecule has 0 saturated carbocycles. The first-order valence-electron chi connectivity index (χ1n) is 8.40. The lowest BCUT2D eigenvalue weighted by atomic mass is 10.1. The Kier molecular flexibility index (Phi) is 7.60. The monoisotopic (exact) mass is 373 g/mol. The second-order valence-electron chi connectivity index (χ2n) is 5.93. The molecule has 0 unspecified atom stereocenters. The summed E-state index contributed by atoms with van der Waals surface area (Å²) in [6.45, 7) is -0.369. The third-order valence-corrected chi connectivity index (χ3v) is 3.72. The molecule has 0 aliphatic heterocycles. The van der Waals surface area contributed by atoms with Crippen LogP contribution in [-0.4, -0.2) is 41.0 Å². The number of aliphatic hydroxyl groups is 1. The molecule has 2 aromatic carbocycles. The van der Waals surface area contributed by atoms with Crippen molar-refractivity contribution >= 4 is 12.0 Å². The van der Waals surface area contributed by atoms with Gasteiger partial charge in [0.2, 0.25) is 5.91 Å². The van der Waals surface area contributed by atoms with Crippen LogP contribution in [0.3, 0.4) is 0 Å². The highest BCUT2D eigenvalue weighted by molar-refractivity contribution is 5.86. The minimum Gasteiger partial charge on any atom is -0.508 e. The molecule has 2 aromatic rings. The van der Waals surface area contributed by atoms with Gasteiger partial charge < -0.3 is 31.3 Å². The van der Waals surface area contributed by atoms with Crippen LogP contribution in [-0.2, 0) is 22.6 Å². The lowest BCUT2D eigenvalue weighted by molar-refractivity contribution is -0.124. The lowest BCUT2D eigenvalue weighted by Crippen LogP contribution is -2.54. The first-order valence-corrected chi connectivity index (χ1v) is 8.40. The fraction of sp³-hybridized carbons (Fsp3) is 0.263. The van der Waals surface area contributed by atoms with Gasteiger partial charge in [-0.1, -0.05) is 42.5 Å². The van der Waals surface area contributed by atoms with Crippen molar-refractivity contribution in [3.8, 4) is 5.75 Å². The number of nitrogens with two attached hydrogens (primary N) is 1. The maximum absolute atomic E-state index is 12.4. The Morgan fingerprint density at radius 2 is 1.67 bits per heavy atom. The van der Waals surface area contributed by atoms with Crippen LogP contribution in [0.5, 0.6) is 5.75 Å². The number of amides is 2. The van der Waals surface area contributed by atoms with Crippen molar-refractivity contribution in [3.63, 3.8) is 0 Å². The molecule has 0 aliphatic carbocycles. The molecular weight excluding hydrogens is 350 g/mol. The summed E-state index contributed by atoms with van der Waals surface area (Å²) in [4.78, 5) is 24.5. The van der Waals surface area contributed by atoms with Gasteiger partial charge in [-0.15, -0.1) is 0 Å². The number of phenols is 1. The fourth-order valence-corrected chi connectivity index (χ4v) is 2.31. The molecule has 144 valence electrons. The number of phenolic OH excluding ortho intramolecular Hbond substituents is 1. The Bertz CT molecular complexity index is 737. The molecule has 27 heavy (non-hydrogen) atoms. The third-order valence-electron chi connectivity index (χ3n) is 3.72. The molecule has 8 heteroatoms. The number of benzene rings is 2. The first-order chi connectivity index (χ1) is 13.0. The van der Waals surface area contributed by atoms with Gasteiger partial charge in [0.15, 0.2) is 0 Å². The first kappa shape index (κ1) is 20.2. The van der Waals surface area contributed by atoms with Crippen molar-refractivity contribution in [2.75, 3.05) is 6.61 Å². The molecule has 2 amide bonds. The van der Waals surface area contributed by atoms with E-state index < -0.39 is 30.8 Å². The number of aliphatic hydroxyl groups excluding tert-OH is 1. The molecule has 0 spiro atoms. The van der Waals surface area contributed by atoms with Crippen LogP contribution in [0.2, 0.25) is 0 Å². The van der Waals surface area contributed by atoms with E-state index in [4.69, 9.17) is 15.6 Å². The van der Waals surface area contributed by atoms with Crippen LogP contribution < -0.4 is 16.4 Å². The zero-order valence-electron chi connectivity index (χ0n) is 14.7. The summed E-state index contributed by atoms with van der Waals surface area (Å²) in [5.41, 5.74) is 7.06. The van der Waals surface area contributed by atoms with E-state index in [1.807, 2.05) is 30.3 Å². The zero-order valence-corrected chi connectivity index (χ0v) is 14.7. The van der Waals surface area contributed by atoms with Crippen LogP contribution in [0.25, 0.3) is 0 Å². The van der Waals surface area contributed by atoms with E-state index in [0.29, 0.717) is 5.56 Å². The van der Waals surface area contributed by atoms with E-state index in [1.54, 1.807) is 12.1 Å². The van der Waals surface area contributed by atoms with Crippen molar-refractivity contribution in [2.45, 2.75) is 25.2 Å². The summed E-state index contributed by atoms with van der Waals surface area (Å²) in [6, 6.07) is 14.4. The molecule has 0 bridgehead atoms. The van der Waals surface area contributed by atoms with Gasteiger partial charge in [-0.05, 0) is 23.3 Å². The molecule has 2 rings (SSSR count). The second-order valence-corrected chi connectivity index (χ2v) is 5.93. The van der Waals surface area contributed by atoms with Gasteiger partial charge in [-0.2, -0.15) is 0 Å². The van der Waals surface area contributed by atoms with Gasteiger partial charge >= 0.3 is 6.09 Å². The number of aromatic hydroxyl groups is 1. The standard InChI is InChI=1S/C19H23N3O5/c20-17(11-23)22-18(25)16(10-13-6-8-15(24)9-7-13)21-19(26)27-12-14-4-2-1-3-5-14/h1-9,16-17,23-24H,10-12,20H2,(H,21,26)(H,22,25)/t16-,17+/m0/s1. The molecule has 6 N–H and O–H groups in total. The summed E-state index contributed by atoms with van der Waals surface area (Å²) in [5, 5.41) is 23.3. The highest BCUT2D eigenvalue weighted by atomic mass is 16.5. The predicted molar refractivity (Wildman–Crippen MR) is 98.6 cm³/mol. The van der Waals surface area contributed by atoms with E-state index in [2.05, 4.69) is 10.6 Å². The van der Waals surface area contributed by atoms with E-state index in [9.17, 15) is 14.7 Å². The summed E-state index contributed by atoms with van der Waals surface area (Å²) in [7, 11) is 0. The second kappa shape index (κ2) is 10.1. The maximum atomic E-state index is 12.4. The van der Waals surface area contributed by atoms with E-state index >= 15 is 0 Å². The molecule has 2 atom stereocenters. The quantitative estimate of drug-likeness (QED) is 0.431. The average molecular weight is 373 g/mol. The Labute approximate surface area is 157 Å². The van der Waals surface area contributed by atoms with Crippen molar-refractivity contribution in [1.82, 2.24) is 10.6 Å².